The van der Waals surface area contributed by atoms with E-state index in [0.717, 1.165) is 0 Å². The summed E-state index contributed by atoms with van der Waals surface area (Å²) in [6.07, 6.45) is 0. The molecule has 0 atom stereocenters. The van der Waals surface area contributed by atoms with E-state index in [1.165, 1.54) is 0 Å². The number of hydrogen-bond acceptors (Lipinski definition) is 8. The molecular weight excluding hydrogens is 398 g/mol. The van der Waals surface area contributed by atoms with Crippen molar-refractivity contribution < 1.29 is 0 Å². The fourth-order valence-electron chi connectivity index (χ4n) is 1.70. The summed E-state index contributed by atoms with van der Waals surface area (Å²) in [6.45, 7) is 0. The van der Waals surface area contributed by atoms with Crippen LogP contribution in [0, 0.1) is 0 Å². The van der Waals surface area contributed by atoms with Gasteiger partial charge >= 0.3 is 0 Å². The first kappa shape index (κ1) is 16.8. The molecule has 2 aromatic heterocycles. The smallest absolute Gasteiger partial charge is 0.232 e. The summed E-state index contributed by atoms with van der Waals surface area (Å²) >= 11 is 23.0. The first-order valence-electron chi connectivity index (χ1n) is 6.26. The highest BCUT2D eigenvalue weighted by Gasteiger charge is 2.06. The van der Waals surface area contributed by atoms with Crippen molar-refractivity contribution in [2.45, 2.75) is 0 Å². The molecule has 8 nitrogen and oxygen atoms in total. The Balaban J connectivity index is 1.81. The Morgan fingerprint density at radius 1 is 0.583 bits per heavy atom. The number of nitrogens with one attached hydrogen (secondary N) is 2. The van der Waals surface area contributed by atoms with E-state index >= 15 is 0 Å². The Labute approximate surface area is 155 Å². The predicted molar refractivity (Wildman–Crippen MR) is 92.7 cm³/mol. The maximum Gasteiger partial charge on any atom is 0.232 e. The molecule has 0 saturated heterocycles. The summed E-state index contributed by atoms with van der Waals surface area (Å²) in [4.78, 5) is 23.1. The Morgan fingerprint density at radius 3 is 1.33 bits per heavy atom. The minimum absolute atomic E-state index is 0.0127. The molecule has 3 rings (SSSR count). The first-order valence-corrected chi connectivity index (χ1v) is 7.77. The average Bonchev–Trinajstić information content (AvgIpc) is 2.45. The van der Waals surface area contributed by atoms with Gasteiger partial charge in [0.2, 0.25) is 33.0 Å². The number of rotatable bonds is 4. The quantitative estimate of drug-likeness (QED) is 0.669. The van der Waals surface area contributed by atoms with E-state index in [9.17, 15) is 0 Å². The summed E-state index contributed by atoms with van der Waals surface area (Å²) in [7, 11) is 0. The molecule has 0 spiro atoms. The van der Waals surface area contributed by atoms with Crippen LogP contribution in [-0.4, -0.2) is 29.9 Å². The molecule has 2 heterocycles. The molecule has 12 heteroatoms. The second-order valence-electron chi connectivity index (χ2n) is 4.22. The lowest BCUT2D eigenvalue weighted by molar-refractivity contribution is 1.05. The second-order valence-corrected chi connectivity index (χ2v) is 5.58. The molecule has 0 unspecified atom stereocenters. The molecule has 0 radical (unpaired) electrons. The van der Waals surface area contributed by atoms with Crippen LogP contribution >= 0.6 is 46.4 Å². The van der Waals surface area contributed by atoms with E-state index in [1.54, 1.807) is 24.3 Å². The van der Waals surface area contributed by atoms with Gasteiger partial charge in [0, 0.05) is 11.4 Å². The third-order valence-electron chi connectivity index (χ3n) is 2.54. The monoisotopic (exact) mass is 402 g/mol. The van der Waals surface area contributed by atoms with Crippen LogP contribution in [0.3, 0.4) is 0 Å². The summed E-state index contributed by atoms with van der Waals surface area (Å²) < 4.78 is 0. The maximum atomic E-state index is 5.74. The van der Waals surface area contributed by atoms with Crippen LogP contribution in [0.15, 0.2) is 24.3 Å². The molecule has 0 aliphatic heterocycles. The van der Waals surface area contributed by atoms with Gasteiger partial charge in [0.25, 0.3) is 0 Å². The highest BCUT2D eigenvalue weighted by molar-refractivity contribution is 6.31. The van der Waals surface area contributed by atoms with Crippen LogP contribution in [0.25, 0.3) is 0 Å². The van der Waals surface area contributed by atoms with Crippen LogP contribution < -0.4 is 10.6 Å². The molecule has 0 amide bonds. The molecule has 0 saturated carbocycles. The summed E-state index contributed by atoms with van der Waals surface area (Å²) in [5.41, 5.74) is 1.34. The van der Waals surface area contributed by atoms with Crippen molar-refractivity contribution in [3.63, 3.8) is 0 Å². The Kier molecular flexibility index (Phi) is 5.10. The number of halogens is 4. The van der Waals surface area contributed by atoms with Crippen molar-refractivity contribution in [2.75, 3.05) is 10.6 Å². The number of anilines is 4. The van der Waals surface area contributed by atoms with Crippen LogP contribution in [0.1, 0.15) is 0 Å². The number of benzene rings is 1. The van der Waals surface area contributed by atoms with Gasteiger partial charge in [0.15, 0.2) is 0 Å². The van der Waals surface area contributed by atoms with Gasteiger partial charge in [-0.3, -0.25) is 0 Å². The first-order chi connectivity index (χ1) is 11.5. The molecule has 0 bridgehead atoms. The van der Waals surface area contributed by atoms with Gasteiger partial charge in [0.05, 0.1) is 0 Å². The van der Waals surface area contributed by atoms with Gasteiger partial charge in [0.1, 0.15) is 0 Å². The molecule has 2 N–H and O–H groups in total. The zero-order chi connectivity index (χ0) is 17.1. The highest BCUT2D eigenvalue weighted by Crippen LogP contribution is 2.22. The molecular formula is C12H6Cl4N8. The fraction of sp³-hybridized carbons (Fsp3) is 0. The lowest BCUT2D eigenvalue weighted by Crippen LogP contribution is -2.01. The van der Waals surface area contributed by atoms with E-state index in [-0.39, 0.29) is 33.0 Å². The van der Waals surface area contributed by atoms with E-state index in [4.69, 9.17) is 46.4 Å². The van der Waals surface area contributed by atoms with Crippen molar-refractivity contribution in [3.05, 3.63) is 45.4 Å². The van der Waals surface area contributed by atoms with Gasteiger partial charge in [-0.05, 0) is 64.6 Å². The van der Waals surface area contributed by atoms with Gasteiger partial charge in [-0.15, -0.1) is 0 Å². The SMILES string of the molecule is Clc1nc(Cl)nc(Nc2cccc(Nc3nc(Cl)nc(Cl)n3)c2)n1. The van der Waals surface area contributed by atoms with Gasteiger partial charge in [-0.1, -0.05) is 6.07 Å². The molecule has 24 heavy (non-hydrogen) atoms. The maximum absolute atomic E-state index is 5.74. The minimum atomic E-state index is -0.0127. The molecule has 0 aliphatic carbocycles. The van der Waals surface area contributed by atoms with Crippen LogP contribution in [0.4, 0.5) is 23.3 Å². The minimum Gasteiger partial charge on any atom is -0.324 e. The van der Waals surface area contributed by atoms with Crippen LogP contribution in [0.5, 0.6) is 0 Å². The van der Waals surface area contributed by atoms with E-state index in [1.807, 2.05) is 0 Å². The Bertz CT molecular complexity index is 781. The number of nitrogens with zero attached hydrogens (tertiary/aromatic N) is 6. The fourth-order valence-corrected chi connectivity index (χ4v) is 2.42. The third-order valence-corrected chi connectivity index (χ3v) is 3.21. The normalized spacial score (nSPS) is 10.5. The molecule has 0 fully saturated rings. The molecule has 122 valence electrons. The van der Waals surface area contributed by atoms with Crippen molar-refractivity contribution in [3.8, 4) is 0 Å². The molecule has 0 aliphatic rings. The van der Waals surface area contributed by atoms with Crippen molar-refractivity contribution in [2.24, 2.45) is 0 Å². The summed E-state index contributed by atoms with van der Waals surface area (Å²) in [5.74, 6) is 0.423. The molecule has 1 aromatic carbocycles. The van der Waals surface area contributed by atoms with Crippen molar-refractivity contribution in [1.82, 2.24) is 29.9 Å². The van der Waals surface area contributed by atoms with Crippen LogP contribution in [-0.2, 0) is 0 Å². The number of aromatic nitrogens is 6. The van der Waals surface area contributed by atoms with E-state index in [0.29, 0.717) is 11.4 Å². The average molecular weight is 404 g/mol. The third kappa shape index (κ3) is 4.51. The largest absolute Gasteiger partial charge is 0.324 e. The van der Waals surface area contributed by atoms with Crippen molar-refractivity contribution in [1.29, 1.82) is 0 Å². The second kappa shape index (κ2) is 7.27. The van der Waals surface area contributed by atoms with Crippen molar-refractivity contribution >= 4 is 69.7 Å². The topological polar surface area (TPSA) is 101 Å². The summed E-state index contributed by atoms with van der Waals surface area (Å²) in [6, 6.07) is 7.14. The Hall–Kier alpha value is -2.00. The molecule has 3 aromatic rings. The van der Waals surface area contributed by atoms with E-state index in [2.05, 4.69) is 40.5 Å². The Morgan fingerprint density at radius 2 is 0.958 bits per heavy atom. The summed E-state index contributed by atoms with van der Waals surface area (Å²) in [5, 5.41) is 5.87. The lowest BCUT2D eigenvalue weighted by atomic mass is 10.3. The predicted octanol–water partition coefficient (Wildman–Crippen LogP) is 4.16. The van der Waals surface area contributed by atoms with Gasteiger partial charge in [-0.25, -0.2) is 0 Å². The van der Waals surface area contributed by atoms with Gasteiger partial charge < -0.3 is 10.6 Å². The zero-order valence-corrected chi connectivity index (χ0v) is 14.5. The highest BCUT2D eigenvalue weighted by atomic mass is 35.5. The lowest BCUT2D eigenvalue weighted by Gasteiger charge is -2.08. The standard InChI is InChI=1S/C12H6Cl4N8/c13-7-19-8(14)22-11(21-7)17-5-2-1-3-6(4-5)18-12-23-9(15)20-10(16)24-12/h1-4H,(H,17,19,21,22)(H,18,20,23,24). The zero-order valence-electron chi connectivity index (χ0n) is 11.5. The van der Waals surface area contributed by atoms with Gasteiger partial charge in [-0.2, -0.15) is 29.9 Å². The number of hydrogen-bond donors (Lipinski definition) is 2. The van der Waals surface area contributed by atoms with Crippen LogP contribution in [0.2, 0.25) is 21.1 Å². The van der Waals surface area contributed by atoms with E-state index < -0.39 is 0 Å².